The third-order valence-electron chi connectivity index (χ3n) is 5.87. The molecule has 0 bridgehead atoms. The van der Waals surface area contributed by atoms with E-state index in [4.69, 9.17) is 4.74 Å². The lowest BCUT2D eigenvalue weighted by molar-refractivity contribution is 0.0977. The van der Waals surface area contributed by atoms with Gasteiger partial charge in [-0.05, 0) is 31.9 Å². The number of ketones is 1. The first-order valence-corrected chi connectivity index (χ1v) is 13.0. The number of rotatable bonds is 10. The smallest absolute Gasteiger partial charge is 0.182 e. The van der Waals surface area contributed by atoms with Crippen molar-refractivity contribution in [2.75, 3.05) is 32.1 Å². The van der Waals surface area contributed by atoms with Gasteiger partial charge in [0.2, 0.25) is 0 Å². The Morgan fingerprint density at radius 2 is 1.94 bits per heavy atom. The zero-order valence-corrected chi connectivity index (χ0v) is 23.0. The zero-order chi connectivity index (χ0) is 26.7. The number of allylic oxidation sites excluding steroid dienone is 1. The summed E-state index contributed by atoms with van der Waals surface area (Å²) in [4.78, 5) is 21.8. The standard InChI is InChI=1S/C26H33N5O2.C3H8/c1-6-9-14-31-25-22(11-7-2)30(17-23(32)19-12-10-13-20(15-19)33-5)18-28-24(25)21(16-27)26(31)29(4)8-3;1-3-2/h10-13,15,18H,6-9,14,17H2,1-5H3;3H2,1-2H3/b22-11-;. The molecule has 1 aromatic heterocycles. The number of anilines is 1. The Hall–Kier alpha value is -3.53. The number of methoxy groups -OCH3 is 1. The van der Waals surface area contributed by atoms with Crippen LogP contribution in [-0.4, -0.2) is 48.8 Å². The number of nitrogens with zero attached hydrogens (tertiary/aromatic N) is 5. The molecule has 7 nitrogen and oxygen atoms in total. The number of hydrogen-bond donors (Lipinski definition) is 0. The number of ether oxygens (including phenoxy) is 1. The summed E-state index contributed by atoms with van der Waals surface area (Å²) in [6, 6.07) is 9.58. The fourth-order valence-corrected chi connectivity index (χ4v) is 4.06. The van der Waals surface area contributed by atoms with E-state index in [1.54, 1.807) is 25.6 Å². The van der Waals surface area contributed by atoms with Crippen molar-refractivity contribution in [1.29, 1.82) is 5.26 Å². The van der Waals surface area contributed by atoms with Crippen LogP contribution in [-0.2, 0) is 6.54 Å². The van der Waals surface area contributed by atoms with E-state index in [9.17, 15) is 10.1 Å². The Morgan fingerprint density at radius 1 is 1.22 bits per heavy atom. The average Bonchev–Trinajstić information content (AvgIpc) is 3.22. The van der Waals surface area contributed by atoms with Gasteiger partial charge in [-0.2, -0.15) is 5.26 Å². The maximum absolute atomic E-state index is 13.1. The quantitative estimate of drug-likeness (QED) is 0.348. The third-order valence-corrected chi connectivity index (χ3v) is 5.87. The number of Topliss-reactive ketones (excluding diaryl/α,β-unsaturated/α-hetero) is 1. The molecule has 36 heavy (non-hydrogen) atoms. The summed E-state index contributed by atoms with van der Waals surface area (Å²) in [6.07, 6.45) is 7.87. The monoisotopic (exact) mass is 491 g/mol. The molecule has 2 heterocycles. The average molecular weight is 492 g/mol. The van der Waals surface area contributed by atoms with E-state index in [2.05, 4.69) is 61.2 Å². The van der Waals surface area contributed by atoms with Crippen molar-refractivity contribution >= 4 is 29.3 Å². The lowest BCUT2D eigenvalue weighted by Gasteiger charge is -2.28. The van der Waals surface area contributed by atoms with Crippen LogP contribution in [0.3, 0.4) is 0 Å². The van der Waals surface area contributed by atoms with Crippen molar-refractivity contribution in [3.63, 3.8) is 0 Å². The number of unbranched alkanes of at least 4 members (excludes halogenated alkanes) is 1. The van der Waals surface area contributed by atoms with Crippen LogP contribution in [0.4, 0.5) is 11.5 Å². The zero-order valence-electron chi connectivity index (χ0n) is 23.0. The van der Waals surface area contributed by atoms with Gasteiger partial charge in [0.15, 0.2) is 5.78 Å². The second-order valence-corrected chi connectivity index (χ2v) is 8.76. The molecule has 1 aliphatic rings. The molecule has 0 saturated carbocycles. The summed E-state index contributed by atoms with van der Waals surface area (Å²) in [5.41, 5.74) is 3.70. The number of nitriles is 1. The fraction of sp³-hybridized carbons (Fsp3) is 0.483. The SMILES string of the molecule is CC/C=C1/c2c(c(C#N)c(N(C)CC)n2CCCC)N=CN1CC(=O)c1cccc(OC)c1.CCC. The topological polar surface area (TPSA) is 73.9 Å². The molecule has 0 atom stereocenters. The van der Waals surface area contributed by atoms with E-state index < -0.39 is 0 Å². The highest BCUT2D eigenvalue weighted by Gasteiger charge is 2.31. The van der Waals surface area contributed by atoms with E-state index >= 15 is 0 Å². The first-order valence-electron chi connectivity index (χ1n) is 13.0. The summed E-state index contributed by atoms with van der Waals surface area (Å²) in [7, 11) is 3.59. The predicted octanol–water partition coefficient (Wildman–Crippen LogP) is 6.65. The Labute approximate surface area is 216 Å². The van der Waals surface area contributed by atoms with Gasteiger partial charge in [0.1, 0.15) is 28.9 Å². The normalized spacial score (nSPS) is 13.1. The molecule has 0 aliphatic carbocycles. The van der Waals surface area contributed by atoms with Gasteiger partial charge in [-0.1, -0.05) is 58.7 Å². The van der Waals surface area contributed by atoms with E-state index in [0.717, 1.165) is 49.6 Å². The molecule has 7 heteroatoms. The Morgan fingerprint density at radius 3 is 2.53 bits per heavy atom. The lowest BCUT2D eigenvalue weighted by atomic mass is 10.1. The van der Waals surface area contributed by atoms with E-state index in [1.165, 1.54) is 6.42 Å². The predicted molar refractivity (Wildman–Crippen MR) is 149 cm³/mol. The van der Waals surface area contributed by atoms with Gasteiger partial charge in [-0.3, -0.25) is 4.79 Å². The molecule has 1 aliphatic heterocycles. The van der Waals surface area contributed by atoms with E-state index in [1.807, 2.05) is 24.1 Å². The van der Waals surface area contributed by atoms with Gasteiger partial charge in [0.25, 0.3) is 0 Å². The van der Waals surface area contributed by atoms with Crippen LogP contribution in [0.2, 0.25) is 0 Å². The highest BCUT2D eigenvalue weighted by atomic mass is 16.5. The van der Waals surface area contributed by atoms with Crippen molar-refractivity contribution in [3.05, 3.63) is 47.2 Å². The van der Waals surface area contributed by atoms with Crippen molar-refractivity contribution in [2.45, 2.75) is 66.8 Å². The van der Waals surface area contributed by atoms with E-state index in [0.29, 0.717) is 22.6 Å². The van der Waals surface area contributed by atoms with Crippen LogP contribution >= 0.6 is 0 Å². The fourth-order valence-electron chi connectivity index (χ4n) is 4.06. The van der Waals surface area contributed by atoms with E-state index in [-0.39, 0.29) is 12.3 Å². The van der Waals surface area contributed by atoms with Gasteiger partial charge in [-0.15, -0.1) is 0 Å². The van der Waals surface area contributed by atoms with Gasteiger partial charge in [0.05, 0.1) is 31.4 Å². The number of aromatic nitrogens is 1. The molecule has 0 saturated heterocycles. The van der Waals surface area contributed by atoms with Crippen LogP contribution in [0, 0.1) is 11.3 Å². The third kappa shape index (κ3) is 6.37. The lowest BCUT2D eigenvalue weighted by Crippen LogP contribution is -2.30. The summed E-state index contributed by atoms with van der Waals surface area (Å²) in [5.74, 6) is 1.52. The Balaban J connectivity index is 0.00000145. The highest BCUT2D eigenvalue weighted by molar-refractivity contribution is 6.01. The summed E-state index contributed by atoms with van der Waals surface area (Å²) in [5, 5.41) is 10.0. The minimum absolute atomic E-state index is 0.0242. The van der Waals surface area contributed by atoms with Crippen LogP contribution < -0.4 is 9.64 Å². The minimum atomic E-state index is -0.0242. The minimum Gasteiger partial charge on any atom is -0.497 e. The Bertz CT molecular complexity index is 1120. The summed E-state index contributed by atoms with van der Waals surface area (Å²) >= 11 is 0. The van der Waals surface area contributed by atoms with Gasteiger partial charge in [-0.25, -0.2) is 4.99 Å². The molecule has 0 fully saturated rings. The van der Waals surface area contributed by atoms with Crippen molar-refractivity contribution < 1.29 is 9.53 Å². The van der Waals surface area contributed by atoms with Crippen LogP contribution in [0.15, 0.2) is 35.3 Å². The molecule has 0 amide bonds. The first-order chi connectivity index (χ1) is 17.4. The van der Waals surface area contributed by atoms with Gasteiger partial charge >= 0.3 is 0 Å². The molecular weight excluding hydrogens is 450 g/mol. The second kappa shape index (κ2) is 14.1. The largest absolute Gasteiger partial charge is 0.497 e. The Kier molecular flexibility index (Phi) is 11.3. The maximum Gasteiger partial charge on any atom is 0.182 e. The molecule has 1 aromatic carbocycles. The summed E-state index contributed by atoms with van der Waals surface area (Å²) in [6.45, 7) is 12.3. The number of benzene rings is 1. The van der Waals surface area contributed by atoms with Crippen LogP contribution in [0.5, 0.6) is 5.75 Å². The molecule has 0 radical (unpaired) electrons. The van der Waals surface area contributed by atoms with Crippen LogP contribution in [0.25, 0.3) is 5.70 Å². The molecule has 194 valence electrons. The molecule has 2 aromatic rings. The molecule has 3 rings (SSSR count). The number of hydrogen-bond acceptors (Lipinski definition) is 6. The number of carbonyl (C=O) groups is 1. The second-order valence-electron chi connectivity index (χ2n) is 8.76. The maximum atomic E-state index is 13.1. The van der Waals surface area contributed by atoms with Crippen molar-refractivity contribution in [3.8, 4) is 11.8 Å². The van der Waals surface area contributed by atoms with Gasteiger partial charge < -0.3 is 19.1 Å². The number of carbonyl (C=O) groups excluding carboxylic acids is 1. The highest BCUT2D eigenvalue weighted by Crippen LogP contribution is 2.43. The van der Waals surface area contributed by atoms with Crippen molar-refractivity contribution in [2.24, 2.45) is 4.99 Å². The number of aliphatic imine (C=N–C) groups is 1. The molecule has 0 unspecified atom stereocenters. The molecule has 0 spiro atoms. The van der Waals surface area contributed by atoms with Crippen LogP contribution in [0.1, 0.15) is 81.9 Å². The molecular formula is C29H41N5O2. The van der Waals surface area contributed by atoms with Gasteiger partial charge in [0, 0.05) is 25.7 Å². The molecule has 0 N–H and O–H groups in total. The van der Waals surface area contributed by atoms with Crippen molar-refractivity contribution in [1.82, 2.24) is 9.47 Å². The number of fused-ring (bicyclic) bond motifs is 1. The first kappa shape index (κ1) is 28.7. The summed E-state index contributed by atoms with van der Waals surface area (Å²) < 4.78 is 7.48.